The van der Waals surface area contributed by atoms with E-state index in [1.165, 1.54) is 18.2 Å². The van der Waals surface area contributed by atoms with E-state index in [9.17, 15) is 9.90 Å². The molecule has 0 saturated carbocycles. The lowest BCUT2D eigenvalue weighted by atomic mass is 9.84. The normalized spacial score (nSPS) is 13.1. The second kappa shape index (κ2) is 9.27. The van der Waals surface area contributed by atoms with Gasteiger partial charge in [0.1, 0.15) is 11.5 Å². The van der Waals surface area contributed by atoms with Gasteiger partial charge in [-0.1, -0.05) is 38.1 Å². The molecule has 0 radical (unpaired) electrons. The minimum absolute atomic E-state index is 0.0798. The fourth-order valence-corrected chi connectivity index (χ4v) is 3.13. The number of ether oxygens (including phenoxy) is 2. The highest BCUT2D eigenvalue weighted by molar-refractivity contribution is 5.70. The maximum atomic E-state index is 11.1. The van der Waals surface area contributed by atoms with Crippen molar-refractivity contribution in [1.82, 2.24) is 0 Å². The highest BCUT2D eigenvalue weighted by Gasteiger charge is 2.16. The summed E-state index contributed by atoms with van der Waals surface area (Å²) in [6.07, 6.45) is 2.08. The largest absolute Gasteiger partial charge is 0.508 e. The van der Waals surface area contributed by atoms with Crippen LogP contribution in [0.4, 0.5) is 0 Å². The fourth-order valence-electron chi connectivity index (χ4n) is 3.13. The van der Waals surface area contributed by atoms with E-state index >= 15 is 0 Å². The van der Waals surface area contributed by atoms with E-state index in [2.05, 4.69) is 24.7 Å². The third kappa shape index (κ3) is 5.25. The summed E-state index contributed by atoms with van der Waals surface area (Å²) in [6, 6.07) is 13.8. The number of hydrogen-bond donors (Lipinski definition) is 1. The van der Waals surface area contributed by atoms with Crippen molar-refractivity contribution in [3.63, 3.8) is 0 Å². The highest BCUT2D eigenvalue weighted by atomic mass is 16.6. The molecule has 0 spiro atoms. The van der Waals surface area contributed by atoms with Gasteiger partial charge in [-0.15, -0.1) is 0 Å². The van der Waals surface area contributed by atoms with Gasteiger partial charge in [-0.3, -0.25) is 0 Å². The summed E-state index contributed by atoms with van der Waals surface area (Å²) in [5.74, 6) is 1.45. The Morgan fingerprint density at radius 1 is 1.12 bits per heavy atom. The fraction of sp³-hybridized carbons (Fsp3) is 0.409. The number of hydrogen-bond acceptors (Lipinski definition) is 4. The standard InChI is InChI=1S/C22H28O4/c1-5-17(19-8-11-21(23)16(3)13-19)12-15(2)18-6-9-20(10-7-18)26-14-22(24)25-4/h6-11,13,15,17,23H,5,12,14H2,1-4H3. The molecule has 4 heteroatoms. The average Bonchev–Trinajstić information content (AvgIpc) is 2.66. The summed E-state index contributed by atoms with van der Waals surface area (Å²) in [6.45, 7) is 6.27. The Hall–Kier alpha value is -2.49. The van der Waals surface area contributed by atoms with Crippen LogP contribution in [0.1, 0.15) is 55.2 Å². The Bertz CT molecular complexity index is 721. The molecule has 1 N–H and O–H groups in total. The van der Waals surface area contributed by atoms with Crippen LogP contribution in [0.2, 0.25) is 0 Å². The Morgan fingerprint density at radius 3 is 2.35 bits per heavy atom. The summed E-state index contributed by atoms with van der Waals surface area (Å²) >= 11 is 0. The first-order chi connectivity index (χ1) is 12.4. The Morgan fingerprint density at radius 2 is 1.77 bits per heavy atom. The smallest absolute Gasteiger partial charge is 0.343 e. The maximum Gasteiger partial charge on any atom is 0.343 e. The number of benzene rings is 2. The lowest BCUT2D eigenvalue weighted by Gasteiger charge is -2.21. The zero-order chi connectivity index (χ0) is 19.1. The van der Waals surface area contributed by atoms with Gasteiger partial charge >= 0.3 is 5.97 Å². The van der Waals surface area contributed by atoms with Crippen LogP contribution in [-0.4, -0.2) is 24.8 Å². The van der Waals surface area contributed by atoms with Gasteiger partial charge in [-0.05, 0) is 66.5 Å². The molecule has 2 rings (SSSR count). The van der Waals surface area contributed by atoms with Gasteiger partial charge in [0.2, 0.25) is 0 Å². The Labute approximate surface area is 155 Å². The number of carbonyl (C=O) groups excluding carboxylic acids is 1. The van der Waals surface area contributed by atoms with Crippen molar-refractivity contribution in [3.8, 4) is 11.5 Å². The molecule has 140 valence electrons. The molecule has 0 bridgehead atoms. The van der Waals surface area contributed by atoms with Crippen molar-refractivity contribution in [1.29, 1.82) is 0 Å². The minimum Gasteiger partial charge on any atom is -0.508 e. The highest BCUT2D eigenvalue weighted by Crippen LogP contribution is 2.34. The SMILES string of the molecule is CCC(CC(C)c1ccc(OCC(=O)OC)cc1)c1ccc(O)c(C)c1. The molecule has 0 aliphatic rings. The second-order valence-corrected chi connectivity index (χ2v) is 6.72. The van der Waals surface area contributed by atoms with Gasteiger partial charge in [-0.2, -0.15) is 0 Å². The van der Waals surface area contributed by atoms with E-state index in [4.69, 9.17) is 4.74 Å². The van der Waals surface area contributed by atoms with Crippen LogP contribution in [0, 0.1) is 6.92 Å². The topological polar surface area (TPSA) is 55.8 Å². The van der Waals surface area contributed by atoms with Crippen LogP contribution in [0.25, 0.3) is 0 Å². The Kier molecular flexibility index (Phi) is 7.07. The van der Waals surface area contributed by atoms with Crippen molar-refractivity contribution in [2.45, 2.75) is 45.4 Å². The zero-order valence-electron chi connectivity index (χ0n) is 16.0. The van der Waals surface area contributed by atoms with Crippen LogP contribution in [0.15, 0.2) is 42.5 Å². The Balaban J connectivity index is 2.01. The first kappa shape index (κ1) is 19.8. The number of phenolic OH excluding ortho intramolecular Hbond substituents is 1. The van der Waals surface area contributed by atoms with Crippen molar-refractivity contribution in [2.24, 2.45) is 0 Å². The monoisotopic (exact) mass is 356 g/mol. The van der Waals surface area contributed by atoms with Crippen LogP contribution in [0.5, 0.6) is 11.5 Å². The minimum atomic E-state index is -0.391. The van der Waals surface area contributed by atoms with Gasteiger partial charge < -0.3 is 14.6 Å². The molecule has 2 aromatic rings. The molecule has 0 aliphatic carbocycles. The van der Waals surface area contributed by atoms with E-state index in [-0.39, 0.29) is 6.61 Å². The molecule has 26 heavy (non-hydrogen) atoms. The van der Waals surface area contributed by atoms with Crippen molar-refractivity contribution >= 4 is 5.97 Å². The summed E-state index contributed by atoms with van der Waals surface area (Å²) in [5, 5.41) is 9.74. The summed E-state index contributed by atoms with van der Waals surface area (Å²) in [5.41, 5.74) is 3.43. The van der Waals surface area contributed by atoms with Gasteiger partial charge in [0.25, 0.3) is 0 Å². The van der Waals surface area contributed by atoms with Crippen LogP contribution in [-0.2, 0) is 9.53 Å². The van der Waals surface area contributed by atoms with E-state index < -0.39 is 5.97 Å². The number of phenols is 1. The van der Waals surface area contributed by atoms with E-state index in [0.29, 0.717) is 23.3 Å². The van der Waals surface area contributed by atoms with E-state index in [1.54, 1.807) is 6.07 Å². The molecular weight excluding hydrogens is 328 g/mol. The number of aromatic hydroxyl groups is 1. The first-order valence-corrected chi connectivity index (χ1v) is 9.03. The molecule has 2 unspecified atom stereocenters. The third-order valence-corrected chi connectivity index (χ3v) is 4.86. The number of rotatable bonds is 8. The predicted molar refractivity (Wildman–Crippen MR) is 103 cm³/mol. The van der Waals surface area contributed by atoms with Gasteiger partial charge in [0, 0.05) is 0 Å². The molecule has 2 atom stereocenters. The molecule has 0 heterocycles. The lowest BCUT2D eigenvalue weighted by Crippen LogP contribution is -2.12. The molecule has 0 amide bonds. The van der Waals surface area contributed by atoms with E-state index in [0.717, 1.165) is 18.4 Å². The first-order valence-electron chi connectivity index (χ1n) is 9.03. The maximum absolute atomic E-state index is 11.1. The molecule has 0 saturated heterocycles. The number of carbonyl (C=O) groups is 1. The van der Waals surface area contributed by atoms with Gasteiger partial charge in [0.15, 0.2) is 6.61 Å². The van der Waals surface area contributed by atoms with Crippen LogP contribution in [0.3, 0.4) is 0 Å². The molecular formula is C22H28O4. The molecule has 4 nitrogen and oxygen atoms in total. The van der Waals surface area contributed by atoms with Crippen molar-refractivity contribution in [2.75, 3.05) is 13.7 Å². The number of aryl methyl sites for hydroxylation is 1. The molecule has 0 fully saturated rings. The molecule has 0 aromatic heterocycles. The van der Waals surface area contributed by atoms with Crippen molar-refractivity contribution in [3.05, 3.63) is 59.2 Å². The summed E-state index contributed by atoms with van der Waals surface area (Å²) in [7, 11) is 1.34. The lowest BCUT2D eigenvalue weighted by molar-refractivity contribution is -0.142. The van der Waals surface area contributed by atoms with Crippen molar-refractivity contribution < 1.29 is 19.4 Å². The second-order valence-electron chi connectivity index (χ2n) is 6.72. The average molecular weight is 356 g/mol. The third-order valence-electron chi connectivity index (χ3n) is 4.86. The van der Waals surface area contributed by atoms with Crippen LogP contribution < -0.4 is 4.74 Å². The summed E-state index contributed by atoms with van der Waals surface area (Å²) < 4.78 is 9.96. The quantitative estimate of drug-likeness (QED) is 0.681. The summed E-state index contributed by atoms with van der Waals surface area (Å²) in [4.78, 5) is 11.1. The van der Waals surface area contributed by atoms with Crippen LogP contribution >= 0.6 is 0 Å². The molecule has 2 aromatic carbocycles. The number of methoxy groups -OCH3 is 1. The van der Waals surface area contributed by atoms with E-state index in [1.807, 2.05) is 37.3 Å². The molecule has 0 aliphatic heterocycles. The number of esters is 1. The predicted octanol–water partition coefficient (Wildman–Crippen LogP) is 4.94. The van der Waals surface area contributed by atoms with Gasteiger partial charge in [0.05, 0.1) is 7.11 Å². The van der Waals surface area contributed by atoms with Gasteiger partial charge in [-0.25, -0.2) is 4.79 Å². The zero-order valence-corrected chi connectivity index (χ0v) is 16.0.